The third kappa shape index (κ3) is 11.9. The van der Waals surface area contributed by atoms with E-state index in [0.29, 0.717) is 26.4 Å². The molecule has 1 heterocycles. The standard InChI is InChI=1S/C22H38FNO5/c1-3-5-6-7-8-9-10-11-12-15-29-24-14-13-20(23)21(24)22(25)28-19-18-27-17-16-26-4-2/h13-14H,3-12,15-19H2,1-2H3. The van der Waals surface area contributed by atoms with Crippen LogP contribution in [-0.2, 0) is 14.2 Å². The van der Waals surface area contributed by atoms with Gasteiger partial charge < -0.3 is 19.0 Å². The Hall–Kier alpha value is -1.60. The molecule has 0 aliphatic rings. The number of esters is 1. The van der Waals surface area contributed by atoms with E-state index in [4.69, 9.17) is 19.0 Å². The fourth-order valence-electron chi connectivity index (χ4n) is 2.89. The van der Waals surface area contributed by atoms with Crippen molar-refractivity contribution in [2.75, 3.05) is 39.6 Å². The first-order valence-corrected chi connectivity index (χ1v) is 11.0. The Bertz CT molecular complexity index is 535. The molecule has 0 bridgehead atoms. The van der Waals surface area contributed by atoms with Crippen molar-refractivity contribution in [3.63, 3.8) is 0 Å². The summed E-state index contributed by atoms with van der Waals surface area (Å²) in [6, 6.07) is 1.20. The minimum absolute atomic E-state index is 0.0494. The van der Waals surface area contributed by atoms with Gasteiger partial charge in [-0.25, -0.2) is 9.18 Å². The predicted molar refractivity (Wildman–Crippen MR) is 111 cm³/mol. The molecule has 0 aromatic carbocycles. The Morgan fingerprint density at radius 3 is 2.17 bits per heavy atom. The Kier molecular flexibility index (Phi) is 15.2. The maximum absolute atomic E-state index is 13.9. The van der Waals surface area contributed by atoms with E-state index in [1.807, 2.05) is 6.92 Å². The van der Waals surface area contributed by atoms with E-state index in [0.717, 1.165) is 12.8 Å². The molecule has 0 radical (unpaired) electrons. The maximum Gasteiger partial charge on any atom is 0.361 e. The molecule has 0 N–H and O–H groups in total. The Balaban J connectivity index is 2.17. The largest absolute Gasteiger partial charge is 0.458 e. The number of unbranched alkanes of at least 4 members (excludes halogenated alkanes) is 8. The summed E-state index contributed by atoms with van der Waals surface area (Å²) < 4.78 is 30.6. The lowest BCUT2D eigenvalue weighted by molar-refractivity contribution is 0.0125. The Morgan fingerprint density at radius 1 is 0.862 bits per heavy atom. The molecule has 0 saturated heterocycles. The smallest absolute Gasteiger partial charge is 0.361 e. The van der Waals surface area contributed by atoms with Crippen molar-refractivity contribution in [3.05, 3.63) is 23.8 Å². The van der Waals surface area contributed by atoms with Crippen LogP contribution in [0.4, 0.5) is 4.39 Å². The van der Waals surface area contributed by atoms with Gasteiger partial charge in [-0.15, -0.1) is 0 Å². The molecule has 1 rings (SSSR count). The molecule has 6 nitrogen and oxygen atoms in total. The molecule has 0 spiro atoms. The van der Waals surface area contributed by atoms with Gasteiger partial charge in [-0.3, -0.25) is 0 Å². The Labute approximate surface area is 174 Å². The molecule has 0 amide bonds. The average molecular weight is 416 g/mol. The van der Waals surface area contributed by atoms with Gasteiger partial charge in [-0.2, -0.15) is 4.73 Å². The molecule has 0 saturated carbocycles. The zero-order chi connectivity index (χ0) is 21.2. The molecule has 29 heavy (non-hydrogen) atoms. The minimum atomic E-state index is -0.756. The van der Waals surface area contributed by atoms with Crippen LogP contribution in [0.3, 0.4) is 0 Å². The van der Waals surface area contributed by atoms with E-state index in [9.17, 15) is 9.18 Å². The van der Waals surface area contributed by atoms with Gasteiger partial charge in [-0.1, -0.05) is 51.9 Å². The van der Waals surface area contributed by atoms with Crippen LogP contribution in [0.2, 0.25) is 0 Å². The molecule has 0 aliphatic carbocycles. The quantitative estimate of drug-likeness (QED) is 0.240. The first-order chi connectivity index (χ1) is 14.2. The molecule has 7 heteroatoms. The van der Waals surface area contributed by atoms with E-state index in [-0.39, 0.29) is 18.9 Å². The lowest BCUT2D eigenvalue weighted by atomic mass is 10.1. The fourth-order valence-corrected chi connectivity index (χ4v) is 2.89. The summed E-state index contributed by atoms with van der Waals surface area (Å²) in [4.78, 5) is 17.7. The van der Waals surface area contributed by atoms with Gasteiger partial charge in [0.15, 0.2) is 11.5 Å². The summed E-state index contributed by atoms with van der Waals surface area (Å²) in [6.07, 6.45) is 12.3. The summed E-state index contributed by atoms with van der Waals surface area (Å²) in [5.74, 6) is -1.41. The van der Waals surface area contributed by atoms with Crippen LogP contribution in [0.1, 0.15) is 82.1 Å². The van der Waals surface area contributed by atoms with Gasteiger partial charge in [0.05, 0.1) is 19.8 Å². The molecule has 1 aromatic heterocycles. The number of carbonyl (C=O) groups excluding carboxylic acids is 1. The zero-order valence-corrected chi connectivity index (χ0v) is 18.1. The number of rotatable bonds is 19. The summed E-state index contributed by atoms with van der Waals surface area (Å²) >= 11 is 0. The van der Waals surface area contributed by atoms with E-state index < -0.39 is 11.8 Å². The highest BCUT2D eigenvalue weighted by Gasteiger charge is 2.20. The number of ether oxygens (including phenoxy) is 3. The number of hydrogen-bond donors (Lipinski definition) is 0. The average Bonchev–Trinajstić information content (AvgIpc) is 3.09. The van der Waals surface area contributed by atoms with Crippen molar-refractivity contribution in [1.82, 2.24) is 4.73 Å². The van der Waals surface area contributed by atoms with Crippen molar-refractivity contribution in [2.45, 2.75) is 71.6 Å². The molecule has 0 atom stereocenters. The fraction of sp³-hybridized carbons (Fsp3) is 0.773. The molecule has 0 unspecified atom stereocenters. The highest BCUT2D eigenvalue weighted by atomic mass is 19.1. The van der Waals surface area contributed by atoms with E-state index in [1.54, 1.807) is 0 Å². The van der Waals surface area contributed by atoms with Crippen LogP contribution in [0.15, 0.2) is 12.3 Å². The predicted octanol–water partition coefficient (Wildman–Crippen LogP) is 4.80. The lowest BCUT2D eigenvalue weighted by Gasteiger charge is -2.11. The monoisotopic (exact) mass is 415 g/mol. The SMILES string of the molecule is CCCCCCCCCCCOn1ccc(F)c1C(=O)OCCOCCOCC. The highest BCUT2D eigenvalue weighted by molar-refractivity contribution is 5.87. The third-order valence-corrected chi connectivity index (χ3v) is 4.51. The number of carbonyl (C=O) groups is 1. The van der Waals surface area contributed by atoms with Crippen LogP contribution < -0.4 is 4.84 Å². The van der Waals surface area contributed by atoms with Crippen molar-refractivity contribution >= 4 is 5.97 Å². The van der Waals surface area contributed by atoms with E-state index >= 15 is 0 Å². The van der Waals surface area contributed by atoms with Crippen LogP contribution >= 0.6 is 0 Å². The first-order valence-electron chi connectivity index (χ1n) is 11.0. The lowest BCUT2D eigenvalue weighted by Crippen LogP contribution is -2.21. The van der Waals surface area contributed by atoms with Gasteiger partial charge in [-0.05, 0) is 25.8 Å². The van der Waals surface area contributed by atoms with Crippen molar-refractivity contribution in [2.24, 2.45) is 0 Å². The van der Waals surface area contributed by atoms with Gasteiger partial charge in [0.25, 0.3) is 0 Å². The van der Waals surface area contributed by atoms with Gasteiger partial charge in [0.1, 0.15) is 13.2 Å². The summed E-state index contributed by atoms with van der Waals surface area (Å²) in [5, 5.41) is 0. The highest BCUT2D eigenvalue weighted by Crippen LogP contribution is 2.11. The minimum Gasteiger partial charge on any atom is -0.458 e. The molecular weight excluding hydrogens is 377 g/mol. The van der Waals surface area contributed by atoms with Gasteiger partial charge >= 0.3 is 5.97 Å². The second kappa shape index (κ2) is 17.3. The van der Waals surface area contributed by atoms with Gasteiger partial charge in [0, 0.05) is 12.8 Å². The van der Waals surface area contributed by atoms with Crippen molar-refractivity contribution in [3.8, 4) is 0 Å². The van der Waals surface area contributed by atoms with Crippen molar-refractivity contribution < 1.29 is 28.2 Å². The first kappa shape index (κ1) is 25.4. The number of hydrogen-bond acceptors (Lipinski definition) is 5. The number of nitrogens with zero attached hydrogens (tertiary/aromatic N) is 1. The normalized spacial score (nSPS) is 11.0. The number of aromatic nitrogens is 1. The maximum atomic E-state index is 13.9. The number of halogens is 1. The van der Waals surface area contributed by atoms with Gasteiger partial charge in [0.2, 0.25) is 0 Å². The molecule has 0 fully saturated rings. The second-order valence-corrected chi connectivity index (χ2v) is 6.94. The topological polar surface area (TPSA) is 58.9 Å². The summed E-state index contributed by atoms with van der Waals surface area (Å²) in [5.41, 5.74) is -0.213. The van der Waals surface area contributed by atoms with Crippen molar-refractivity contribution in [1.29, 1.82) is 0 Å². The van der Waals surface area contributed by atoms with Crippen LogP contribution in [0.25, 0.3) is 0 Å². The molecule has 1 aromatic rings. The zero-order valence-electron chi connectivity index (χ0n) is 18.1. The third-order valence-electron chi connectivity index (χ3n) is 4.51. The molecule has 0 aliphatic heterocycles. The summed E-state index contributed by atoms with van der Waals surface area (Å²) in [6.45, 7) is 6.41. The Morgan fingerprint density at radius 2 is 1.48 bits per heavy atom. The summed E-state index contributed by atoms with van der Waals surface area (Å²) in [7, 11) is 0. The second-order valence-electron chi connectivity index (χ2n) is 6.94. The molecular formula is C22H38FNO5. The molecule has 168 valence electrons. The van der Waals surface area contributed by atoms with E-state index in [2.05, 4.69) is 6.92 Å². The van der Waals surface area contributed by atoms with Crippen LogP contribution in [0.5, 0.6) is 0 Å². The van der Waals surface area contributed by atoms with Crippen LogP contribution in [-0.4, -0.2) is 50.3 Å². The van der Waals surface area contributed by atoms with E-state index in [1.165, 1.54) is 61.9 Å². The van der Waals surface area contributed by atoms with Crippen LogP contribution in [0, 0.1) is 5.82 Å².